The van der Waals surface area contributed by atoms with Crippen molar-refractivity contribution in [2.45, 2.75) is 13.0 Å². The van der Waals surface area contributed by atoms with E-state index in [4.69, 9.17) is 0 Å². The lowest BCUT2D eigenvalue weighted by atomic mass is 10.2. The minimum atomic E-state index is -1.01. The Morgan fingerprint density at radius 1 is 1.35 bits per heavy atom. The van der Waals surface area contributed by atoms with Gasteiger partial charge in [0.2, 0.25) is 0 Å². The first kappa shape index (κ1) is 13.9. The molecule has 0 amide bonds. The highest BCUT2D eigenvalue weighted by Crippen LogP contribution is 2.31. The van der Waals surface area contributed by atoms with E-state index < -0.39 is 28.3 Å². The van der Waals surface area contributed by atoms with Crippen molar-refractivity contribution in [2.75, 3.05) is 5.32 Å². The molecule has 0 fully saturated rings. The van der Waals surface area contributed by atoms with Gasteiger partial charge in [-0.05, 0) is 19.1 Å². The summed E-state index contributed by atoms with van der Waals surface area (Å²) in [5.41, 5.74) is -0.412. The molecule has 5 nitrogen and oxygen atoms in total. The van der Waals surface area contributed by atoms with Gasteiger partial charge in [0, 0.05) is 12.3 Å². The molecule has 1 aromatic heterocycles. The van der Waals surface area contributed by atoms with Crippen molar-refractivity contribution in [2.24, 2.45) is 0 Å². The molecule has 2 aromatic rings. The number of hydrogen-bond acceptors (Lipinski definition) is 4. The number of halogens is 2. The van der Waals surface area contributed by atoms with Crippen LogP contribution in [0.1, 0.15) is 18.7 Å². The smallest absolute Gasteiger partial charge is 0.298 e. The molecular formula is C13H11F2N3O2. The second kappa shape index (κ2) is 5.60. The molecule has 0 saturated heterocycles. The lowest BCUT2D eigenvalue weighted by molar-refractivity contribution is -0.384. The molecule has 0 saturated carbocycles. The highest BCUT2D eigenvalue weighted by atomic mass is 19.1. The summed E-state index contributed by atoms with van der Waals surface area (Å²) in [6.45, 7) is 1.68. The number of nitro benzene ring substituents is 1. The summed E-state index contributed by atoms with van der Waals surface area (Å²) >= 11 is 0. The van der Waals surface area contributed by atoms with Crippen LogP contribution in [0.4, 0.5) is 20.2 Å². The van der Waals surface area contributed by atoms with Crippen molar-refractivity contribution < 1.29 is 13.7 Å². The van der Waals surface area contributed by atoms with Crippen LogP contribution in [0.5, 0.6) is 0 Å². The lowest BCUT2D eigenvalue weighted by Crippen LogP contribution is -2.11. The number of hydrogen-bond donors (Lipinski definition) is 1. The van der Waals surface area contributed by atoms with Gasteiger partial charge in [0.1, 0.15) is 11.5 Å². The molecule has 0 radical (unpaired) electrons. The fourth-order valence-corrected chi connectivity index (χ4v) is 1.77. The van der Waals surface area contributed by atoms with E-state index in [0.29, 0.717) is 17.8 Å². The van der Waals surface area contributed by atoms with Crippen molar-refractivity contribution in [1.82, 2.24) is 4.98 Å². The fourth-order valence-electron chi connectivity index (χ4n) is 1.77. The van der Waals surface area contributed by atoms with Gasteiger partial charge in [0.15, 0.2) is 5.82 Å². The summed E-state index contributed by atoms with van der Waals surface area (Å²) in [4.78, 5) is 14.1. The Bertz CT molecular complexity index is 635. The molecule has 0 spiro atoms. The molecule has 1 atom stereocenters. The highest BCUT2D eigenvalue weighted by Gasteiger charge is 2.22. The first-order valence-corrected chi connectivity index (χ1v) is 5.80. The second-order valence-corrected chi connectivity index (χ2v) is 4.16. The van der Waals surface area contributed by atoms with Crippen molar-refractivity contribution >= 4 is 11.4 Å². The van der Waals surface area contributed by atoms with E-state index >= 15 is 0 Å². The zero-order valence-corrected chi connectivity index (χ0v) is 10.5. The number of nitro groups is 1. The molecule has 0 bridgehead atoms. The summed E-state index contributed by atoms with van der Waals surface area (Å²) in [6.07, 6.45) is 1.56. The van der Waals surface area contributed by atoms with Crippen LogP contribution in [0.15, 0.2) is 36.5 Å². The zero-order valence-electron chi connectivity index (χ0n) is 10.5. The van der Waals surface area contributed by atoms with Crippen LogP contribution in [0.2, 0.25) is 0 Å². The molecule has 1 aromatic carbocycles. The number of benzene rings is 1. The quantitative estimate of drug-likeness (QED) is 0.687. The third kappa shape index (κ3) is 2.87. The van der Waals surface area contributed by atoms with E-state index in [1.54, 1.807) is 31.3 Å². The monoisotopic (exact) mass is 279 g/mol. The van der Waals surface area contributed by atoms with Crippen LogP contribution in [-0.2, 0) is 0 Å². The van der Waals surface area contributed by atoms with Crippen molar-refractivity contribution in [1.29, 1.82) is 0 Å². The Labute approximate surface area is 113 Å². The van der Waals surface area contributed by atoms with Gasteiger partial charge < -0.3 is 5.32 Å². The number of aromatic nitrogens is 1. The van der Waals surface area contributed by atoms with Crippen LogP contribution in [0.25, 0.3) is 0 Å². The molecule has 104 valence electrons. The summed E-state index contributed by atoms with van der Waals surface area (Å²) in [5, 5.41) is 13.5. The third-order valence-corrected chi connectivity index (χ3v) is 2.72. The summed E-state index contributed by atoms with van der Waals surface area (Å²) < 4.78 is 26.8. The van der Waals surface area contributed by atoms with Gasteiger partial charge in [0.05, 0.1) is 22.7 Å². The van der Waals surface area contributed by atoms with Gasteiger partial charge in [-0.2, -0.15) is 0 Å². The third-order valence-electron chi connectivity index (χ3n) is 2.72. The first-order valence-electron chi connectivity index (χ1n) is 5.80. The van der Waals surface area contributed by atoms with E-state index in [1.165, 1.54) is 0 Å². The molecule has 0 aliphatic rings. The van der Waals surface area contributed by atoms with Gasteiger partial charge in [-0.15, -0.1) is 0 Å². The average molecular weight is 279 g/mol. The topological polar surface area (TPSA) is 68.1 Å². The SMILES string of the molecule is CC(Nc1c(F)cc(F)cc1[N+](=O)[O-])c1ccccn1. The minimum absolute atomic E-state index is 0.352. The maximum absolute atomic E-state index is 13.7. The standard InChI is InChI=1S/C13H11F2N3O2/c1-8(11-4-2-3-5-16-11)17-13-10(15)6-9(14)7-12(13)18(19)20/h2-8,17H,1H3. The maximum Gasteiger partial charge on any atom is 0.298 e. The predicted molar refractivity (Wildman–Crippen MR) is 69.3 cm³/mol. The van der Waals surface area contributed by atoms with E-state index in [1.807, 2.05) is 0 Å². The second-order valence-electron chi connectivity index (χ2n) is 4.16. The highest BCUT2D eigenvalue weighted by molar-refractivity contribution is 5.63. The van der Waals surface area contributed by atoms with Gasteiger partial charge in [-0.3, -0.25) is 15.1 Å². The van der Waals surface area contributed by atoms with Gasteiger partial charge in [-0.25, -0.2) is 8.78 Å². The molecule has 0 aliphatic heterocycles. The Kier molecular flexibility index (Phi) is 3.88. The maximum atomic E-state index is 13.7. The largest absolute Gasteiger partial charge is 0.369 e. The Hall–Kier alpha value is -2.57. The van der Waals surface area contributed by atoms with Crippen LogP contribution < -0.4 is 5.32 Å². The Balaban J connectivity index is 2.36. The predicted octanol–water partition coefficient (Wildman–Crippen LogP) is 3.44. The molecule has 0 aliphatic carbocycles. The molecule has 1 heterocycles. The number of nitrogens with zero attached hydrogens (tertiary/aromatic N) is 2. The molecule has 2 rings (SSSR count). The van der Waals surface area contributed by atoms with Gasteiger partial charge in [0.25, 0.3) is 5.69 Å². The average Bonchev–Trinajstić information content (AvgIpc) is 2.42. The summed E-state index contributed by atoms with van der Waals surface area (Å²) in [7, 11) is 0. The van der Waals surface area contributed by atoms with Crippen LogP contribution in [0.3, 0.4) is 0 Å². The van der Waals surface area contributed by atoms with E-state index in [2.05, 4.69) is 10.3 Å². The zero-order chi connectivity index (χ0) is 14.7. The molecule has 1 unspecified atom stereocenters. The Morgan fingerprint density at radius 3 is 2.70 bits per heavy atom. The lowest BCUT2D eigenvalue weighted by Gasteiger charge is -2.15. The molecule has 7 heteroatoms. The summed E-state index contributed by atoms with van der Waals surface area (Å²) in [5.74, 6) is -2.01. The van der Waals surface area contributed by atoms with E-state index in [0.717, 1.165) is 0 Å². The fraction of sp³-hybridized carbons (Fsp3) is 0.154. The Morgan fingerprint density at radius 2 is 2.10 bits per heavy atom. The first-order chi connectivity index (χ1) is 9.49. The van der Waals surface area contributed by atoms with Gasteiger partial charge in [-0.1, -0.05) is 6.07 Å². The number of anilines is 1. The van der Waals surface area contributed by atoms with Crippen LogP contribution in [-0.4, -0.2) is 9.91 Å². The number of pyridine rings is 1. The number of rotatable bonds is 4. The molecular weight excluding hydrogens is 268 g/mol. The van der Waals surface area contributed by atoms with Crippen LogP contribution >= 0.6 is 0 Å². The van der Waals surface area contributed by atoms with Crippen molar-refractivity contribution in [3.8, 4) is 0 Å². The molecule has 1 N–H and O–H groups in total. The van der Waals surface area contributed by atoms with Gasteiger partial charge >= 0.3 is 0 Å². The number of nitrogens with one attached hydrogen (secondary N) is 1. The van der Waals surface area contributed by atoms with Crippen molar-refractivity contribution in [3.05, 3.63) is 64.0 Å². The van der Waals surface area contributed by atoms with Crippen molar-refractivity contribution in [3.63, 3.8) is 0 Å². The summed E-state index contributed by atoms with van der Waals surface area (Å²) in [6, 6.07) is 5.98. The normalized spacial score (nSPS) is 11.9. The van der Waals surface area contributed by atoms with E-state index in [9.17, 15) is 18.9 Å². The van der Waals surface area contributed by atoms with Crippen LogP contribution in [0, 0.1) is 21.7 Å². The molecule has 20 heavy (non-hydrogen) atoms. The minimum Gasteiger partial charge on any atom is -0.369 e. The van der Waals surface area contributed by atoms with E-state index in [-0.39, 0.29) is 5.69 Å².